The van der Waals surface area contributed by atoms with E-state index in [4.69, 9.17) is 0 Å². The van der Waals surface area contributed by atoms with E-state index in [1.165, 1.54) is 12.5 Å². The molecule has 3 aromatic rings. The number of fused-ring (bicyclic) bond motifs is 1. The molecular weight excluding hydrogens is 260 g/mol. The Hall–Kier alpha value is -3.16. The Morgan fingerprint density at radius 2 is 2.20 bits per heavy atom. The molecule has 0 aliphatic heterocycles. The highest BCUT2D eigenvalue weighted by atomic mass is 16.3. The molecule has 20 heavy (non-hydrogen) atoms. The van der Waals surface area contributed by atoms with Gasteiger partial charge in [-0.25, -0.2) is 10.4 Å². The number of nitrogens with one attached hydrogen (secondary N) is 3. The molecule has 8 heteroatoms. The van der Waals surface area contributed by atoms with Crippen LogP contribution in [-0.4, -0.2) is 31.3 Å². The van der Waals surface area contributed by atoms with Gasteiger partial charge in [0.2, 0.25) is 5.95 Å². The molecule has 0 aliphatic rings. The summed E-state index contributed by atoms with van der Waals surface area (Å²) in [5.41, 5.74) is 3.46. The van der Waals surface area contributed by atoms with E-state index in [2.05, 4.69) is 30.5 Å². The first-order valence-corrected chi connectivity index (χ1v) is 5.74. The number of H-pyrrole nitrogens is 2. The number of imidazole rings is 1. The predicted molar refractivity (Wildman–Crippen MR) is 73.8 cm³/mol. The van der Waals surface area contributed by atoms with Crippen molar-refractivity contribution < 1.29 is 5.11 Å². The molecule has 0 amide bonds. The second-order valence-corrected chi connectivity index (χ2v) is 3.94. The third kappa shape index (κ3) is 2.21. The average molecular weight is 270 g/mol. The van der Waals surface area contributed by atoms with Gasteiger partial charge in [0.25, 0.3) is 5.56 Å². The van der Waals surface area contributed by atoms with Crippen LogP contribution in [0.4, 0.5) is 5.95 Å². The van der Waals surface area contributed by atoms with Crippen LogP contribution in [0.2, 0.25) is 0 Å². The minimum absolute atomic E-state index is 0.126. The van der Waals surface area contributed by atoms with Crippen molar-refractivity contribution in [2.75, 3.05) is 5.43 Å². The Labute approximate surface area is 112 Å². The standard InChI is InChI=1S/C12H10N6O2/c19-8-4-2-1-3-7(8)5-15-18-12-16-9-10(17-12)13-6-14-11(9)20/h1-6,19H,(H3,13,14,16,17,18,20)/b15-5-. The number of para-hydroxylation sites is 1. The Balaban J connectivity index is 1.82. The highest BCUT2D eigenvalue weighted by Gasteiger charge is 2.05. The topological polar surface area (TPSA) is 119 Å². The van der Waals surface area contributed by atoms with Gasteiger partial charge in [0.05, 0.1) is 12.5 Å². The molecule has 0 radical (unpaired) electrons. The van der Waals surface area contributed by atoms with E-state index in [1.807, 2.05) is 0 Å². The molecule has 2 aromatic heterocycles. The number of aromatic hydroxyl groups is 1. The molecule has 0 atom stereocenters. The molecule has 0 saturated carbocycles. The third-order valence-corrected chi connectivity index (χ3v) is 2.61. The van der Waals surface area contributed by atoms with Crippen molar-refractivity contribution in [2.45, 2.75) is 0 Å². The van der Waals surface area contributed by atoms with Crippen LogP contribution in [0.3, 0.4) is 0 Å². The van der Waals surface area contributed by atoms with E-state index in [1.54, 1.807) is 24.3 Å². The molecule has 0 aliphatic carbocycles. The predicted octanol–water partition coefficient (Wildman–Crippen LogP) is 0.798. The Morgan fingerprint density at radius 1 is 1.35 bits per heavy atom. The molecule has 100 valence electrons. The first-order valence-electron chi connectivity index (χ1n) is 5.74. The monoisotopic (exact) mass is 270 g/mol. The van der Waals surface area contributed by atoms with Crippen molar-refractivity contribution in [3.8, 4) is 5.75 Å². The van der Waals surface area contributed by atoms with E-state index in [0.717, 1.165) is 0 Å². The fourth-order valence-corrected chi connectivity index (χ4v) is 1.65. The molecule has 1 aromatic carbocycles. The number of rotatable bonds is 3. The summed E-state index contributed by atoms with van der Waals surface area (Å²) in [4.78, 5) is 24.6. The number of hydrogen-bond donors (Lipinski definition) is 4. The number of aromatic nitrogens is 4. The van der Waals surface area contributed by atoms with Crippen LogP contribution in [0.5, 0.6) is 5.75 Å². The Kier molecular flexibility index (Phi) is 2.88. The molecule has 0 saturated heterocycles. The maximum absolute atomic E-state index is 11.5. The minimum Gasteiger partial charge on any atom is -0.507 e. The van der Waals surface area contributed by atoms with Crippen LogP contribution in [0.25, 0.3) is 11.2 Å². The SMILES string of the molecule is O=c1[nH]cnc2nc(N/N=C\c3ccccc3O)[nH]c12. The maximum atomic E-state index is 11.5. The van der Waals surface area contributed by atoms with Crippen LogP contribution < -0.4 is 11.0 Å². The first-order chi connectivity index (χ1) is 9.74. The normalized spacial score (nSPS) is 11.2. The van der Waals surface area contributed by atoms with Crippen LogP contribution in [0, 0.1) is 0 Å². The summed E-state index contributed by atoms with van der Waals surface area (Å²) in [6.45, 7) is 0. The number of benzene rings is 1. The summed E-state index contributed by atoms with van der Waals surface area (Å²) in [5.74, 6) is 0.414. The number of nitrogens with zero attached hydrogens (tertiary/aromatic N) is 3. The number of phenols is 1. The molecule has 0 unspecified atom stereocenters. The van der Waals surface area contributed by atoms with Crippen molar-refractivity contribution in [1.29, 1.82) is 0 Å². The third-order valence-electron chi connectivity index (χ3n) is 2.61. The van der Waals surface area contributed by atoms with Gasteiger partial charge in [-0.2, -0.15) is 10.1 Å². The second kappa shape index (κ2) is 4.84. The zero-order valence-electron chi connectivity index (χ0n) is 10.2. The van der Waals surface area contributed by atoms with Crippen molar-refractivity contribution >= 4 is 23.3 Å². The quantitative estimate of drug-likeness (QED) is 0.414. The molecule has 0 spiro atoms. The van der Waals surface area contributed by atoms with Gasteiger partial charge in [-0.1, -0.05) is 12.1 Å². The summed E-state index contributed by atoms with van der Waals surface area (Å²) in [6.07, 6.45) is 2.72. The summed E-state index contributed by atoms with van der Waals surface area (Å²) < 4.78 is 0. The van der Waals surface area contributed by atoms with Crippen LogP contribution in [0.1, 0.15) is 5.56 Å². The number of hydrogen-bond acceptors (Lipinski definition) is 6. The van der Waals surface area contributed by atoms with Crippen molar-refractivity contribution in [3.05, 3.63) is 46.5 Å². The number of anilines is 1. The fourth-order valence-electron chi connectivity index (χ4n) is 1.65. The minimum atomic E-state index is -0.305. The maximum Gasteiger partial charge on any atom is 0.276 e. The van der Waals surface area contributed by atoms with Crippen LogP contribution in [0.15, 0.2) is 40.5 Å². The highest BCUT2D eigenvalue weighted by molar-refractivity contribution is 5.83. The van der Waals surface area contributed by atoms with Crippen molar-refractivity contribution in [1.82, 2.24) is 19.9 Å². The van der Waals surface area contributed by atoms with Gasteiger partial charge in [-0.3, -0.25) is 4.79 Å². The molecule has 2 heterocycles. The van der Waals surface area contributed by atoms with Crippen molar-refractivity contribution in [2.24, 2.45) is 5.10 Å². The van der Waals surface area contributed by atoms with Gasteiger partial charge < -0.3 is 15.1 Å². The molecule has 3 rings (SSSR count). The summed E-state index contributed by atoms with van der Waals surface area (Å²) >= 11 is 0. The van der Waals surface area contributed by atoms with Crippen molar-refractivity contribution in [3.63, 3.8) is 0 Å². The molecule has 8 nitrogen and oxygen atoms in total. The lowest BCUT2D eigenvalue weighted by Crippen LogP contribution is -2.05. The van der Waals surface area contributed by atoms with E-state index < -0.39 is 0 Å². The first kappa shape index (κ1) is 11.9. The number of hydrazone groups is 1. The average Bonchev–Trinajstić information content (AvgIpc) is 2.85. The van der Waals surface area contributed by atoms with E-state index in [-0.39, 0.29) is 22.8 Å². The Morgan fingerprint density at radius 3 is 3.00 bits per heavy atom. The smallest absolute Gasteiger partial charge is 0.276 e. The molecular formula is C12H10N6O2. The van der Waals surface area contributed by atoms with E-state index in [9.17, 15) is 9.90 Å². The van der Waals surface area contributed by atoms with E-state index in [0.29, 0.717) is 11.2 Å². The highest BCUT2D eigenvalue weighted by Crippen LogP contribution is 2.13. The van der Waals surface area contributed by atoms with Gasteiger partial charge >= 0.3 is 0 Å². The number of aromatic amines is 2. The largest absolute Gasteiger partial charge is 0.507 e. The van der Waals surface area contributed by atoms with Crippen LogP contribution in [-0.2, 0) is 0 Å². The lowest BCUT2D eigenvalue weighted by atomic mass is 10.2. The Bertz CT molecular complexity index is 835. The summed E-state index contributed by atoms with van der Waals surface area (Å²) in [5, 5.41) is 13.5. The van der Waals surface area contributed by atoms with Gasteiger partial charge in [-0.15, -0.1) is 0 Å². The summed E-state index contributed by atoms with van der Waals surface area (Å²) in [7, 11) is 0. The summed E-state index contributed by atoms with van der Waals surface area (Å²) in [6, 6.07) is 6.78. The van der Waals surface area contributed by atoms with Gasteiger partial charge in [0, 0.05) is 5.56 Å². The zero-order chi connectivity index (χ0) is 13.9. The van der Waals surface area contributed by atoms with Gasteiger partial charge in [0.15, 0.2) is 11.2 Å². The molecule has 4 N–H and O–H groups in total. The molecule has 0 bridgehead atoms. The van der Waals surface area contributed by atoms with Gasteiger partial charge in [0.1, 0.15) is 5.75 Å². The zero-order valence-corrected chi connectivity index (χ0v) is 10.2. The van der Waals surface area contributed by atoms with E-state index >= 15 is 0 Å². The lowest BCUT2D eigenvalue weighted by molar-refractivity contribution is 0.474. The molecule has 0 fully saturated rings. The van der Waals surface area contributed by atoms with Crippen LogP contribution >= 0.6 is 0 Å². The fraction of sp³-hybridized carbons (Fsp3) is 0. The van der Waals surface area contributed by atoms with Gasteiger partial charge in [-0.05, 0) is 12.1 Å². The number of phenolic OH excluding ortho intramolecular Hbond substituents is 1. The lowest BCUT2D eigenvalue weighted by Gasteiger charge is -1.97. The second-order valence-electron chi connectivity index (χ2n) is 3.94.